The van der Waals surface area contributed by atoms with Gasteiger partial charge in [0.25, 0.3) is 11.8 Å². The molecule has 1 aromatic carbocycles. The molecule has 0 unspecified atom stereocenters. The van der Waals surface area contributed by atoms with Crippen molar-refractivity contribution < 1.29 is 14.0 Å². The van der Waals surface area contributed by atoms with Crippen molar-refractivity contribution in [2.75, 3.05) is 10.6 Å². The van der Waals surface area contributed by atoms with Crippen LogP contribution in [0, 0.1) is 0 Å². The summed E-state index contributed by atoms with van der Waals surface area (Å²) in [6.07, 6.45) is 4.95. The van der Waals surface area contributed by atoms with Crippen LogP contribution in [0.25, 0.3) is 5.69 Å². The Morgan fingerprint density at radius 1 is 1.00 bits per heavy atom. The van der Waals surface area contributed by atoms with Crippen LogP contribution in [0.1, 0.15) is 20.2 Å². The Morgan fingerprint density at radius 2 is 1.93 bits per heavy atom. The number of furan rings is 1. The van der Waals surface area contributed by atoms with Gasteiger partial charge in [0.05, 0.1) is 21.8 Å². The zero-order chi connectivity index (χ0) is 18.6. The number of amides is 2. The summed E-state index contributed by atoms with van der Waals surface area (Å²) in [7, 11) is 0. The highest BCUT2D eigenvalue weighted by Gasteiger charge is 2.13. The largest absolute Gasteiger partial charge is 0.459 e. The zero-order valence-electron chi connectivity index (χ0n) is 14.0. The van der Waals surface area contributed by atoms with E-state index in [0.717, 1.165) is 5.69 Å². The number of carbonyl (C=O) groups excluding carboxylic acids is 2. The van der Waals surface area contributed by atoms with E-state index in [-0.39, 0.29) is 17.6 Å². The average molecular weight is 378 g/mol. The second kappa shape index (κ2) is 7.30. The van der Waals surface area contributed by atoms with Crippen LogP contribution in [-0.4, -0.2) is 21.6 Å². The summed E-state index contributed by atoms with van der Waals surface area (Å²) in [5.74, 6) is -0.401. The number of hydrogen-bond donors (Lipinski definition) is 2. The number of benzene rings is 1. The van der Waals surface area contributed by atoms with E-state index < -0.39 is 0 Å². The molecule has 0 bridgehead atoms. The minimum atomic E-state index is -0.360. The second-order valence-corrected chi connectivity index (χ2v) is 6.63. The topological polar surface area (TPSA) is 89.2 Å². The van der Waals surface area contributed by atoms with Crippen LogP contribution >= 0.6 is 11.3 Å². The van der Waals surface area contributed by atoms with Gasteiger partial charge >= 0.3 is 0 Å². The van der Waals surface area contributed by atoms with Crippen molar-refractivity contribution in [3.05, 3.63) is 83.9 Å². The third-order valence-corrected chi connectivity index (χ3v) is 4.68. The van der Waals surface area contributed by atoms with Crippen molar-refractivity contribution in [3.63, 3.8) is 0 Å². The lowest BCUT2D eigenvalue weighted by molar-refractivity contribution is 0.0995. The molecule has 7 nitrogen and oxygen atoms in total. The van der Waals surface area contributed by atoms with Crippen LogP contribution < -0.4 is 10.6 Å². The zero-order valence-corrected chi connectivity index (χ0v) is 14.8. The van der Waals surface area contributed by atoms with Crippen LogP contribution in [0.2, 0.25) is 0 Å². The van der Waals surface area contributed by atoms with E-state index >= 15 is 0 Å². The predicted molar refractivity (Wildman–Crippen MR) is 102 cm³/mol. The number of thiophene rings is 1. The van der Waals surface area contributed by atoms with Gasteiger partial charge in [0.1, 0.15) is 0 Å². The summed E-state index contributed by atoms with van der Waals surface area (Å²) < 4.78 is 6.76. The Labute approximate surface area is 158 Å². The first kappa shape index (κ1) is 16.8. The van der Waals surface area contributed by atoms with Gasteiger partial charge in [-0.05, 0) is 48.5 Å². The van der Waals surface area contributed by atoms with E-state index in [1.165, 1.54) is 17.6 Å². The molecule has 2 N–H and O–H groups in total. The highest BCUT2D eigenvalue weighted by molar-refractivity contribution is 7.18. The molecule has 0 aliphatic rings. The second-order valence-electron chi connectivity index (χ2n) is 5.55. The van der Waals surface area contributed by atoms with Crippen molar-refractivity contribution in [1.29, 1.82) is 0 Å². The number of rotatable bonds is 5. The molecule has 4 aromatic rings. The molecule has 0 spiro atoms. The maximum absolute atomic E-state index is 12.5. The Hall–Kier alpha value is -3.65. The third kappa shape index (κ3) is 3.80. The summed E-state index contributed by atoms with van der Waals surface area (Å²) in [5.41, 5.74) is 1.50. The van der Waals surface area contributed by atoms with E-state index in [0.29, 0.717) is 15.6 Å². The van der Waals surface area contributed by atoms with Crippen LogP contribution in [0.15, 0.2) is 77.7 Å². The number of carbonyl (C=O) groups is 2. The molecule has 0 aliphatic heterocycles. The quantitative estimate of drug-likeness (QED) is 0.549. The smallest absolute Gasteiger partial charge is 0.291 e. The highest BCUT2D eigenvalue weighted by Crippen LogP contribution is 2.24. The Kier molecular flexibility index (Phi) is 4.54. The average Bonchev–Trinajstić information content (AvgIpc) is 3.43. The van der Waals surface area contributed by atoms with E-state index in [1.807, 2.05) is 30.5 Å². The third-order valence-electron chi connectivity index (χ3n) is 3.68. The number of nitrogens with zero attached hydrogens (tertiary/aromatic N) is 2. The van der Waals surface area contributed by atoms with Gasteiger partial charge in [0.15, 0.2) is 5.76 Å². The first-order valence-corrected chi connectivity index (χ1v) is 8.87. The summed E-state index contributed by atoms with van der Waals surface area (Å²) in [6, 6.07) is 15.8. The van der Waals surface area contributed by atoms with Gasteiger partial charge in [0.2, 0.25) is 0 Å². The van der Waals surface area contributed by atoms with Gasteiger partial charge < -0.3 is 15.1 Å². The minimum absolute atomic E-state index is 0.213. The molecule has 2 amide bonds. The van der Waals surface area contributed by atoms with Gasteiger partial charge in [-0.1, -0.05) is 6.07 Å². The summed E-state index contributed by atoms with van der Waals surface area (Å²) in [6.45, 7) is 0. The first-order chi connectivity index (χ1) is 13.2. The lowest BCUT2D eigenvalue weighted by atomic mass is 10.2. The van der Waals surface area contributed by atoms with Crippen molar-refractivity contribution in [3.8, 4) is 5.69 Å². The lowest BCUT2D eigenvalue weighted by Gasteiger charge is -2.06. The Balaban J connectivity index is 1.44. The van der Waals surface area contributed by atoms with Crippen molar-refractivity contribution in [2.45, 2.75) is 0 Å². The monoisotopic (exact) mass is 378 g/mol. The van der Waals surface area contributed by atoms with Crippen LogP contribution in [-0.2, 0) is 0 Å². The molecular formula is C19H14N4O3S. The normalized spacial score (nSPS) is 10.5. The molecule has 0 fully saturated rings. The molecule has 27 heavy (non-hydrogen) atoms. The molecule has 0 saturated carbocycles. The van der Waals surface area contributed by atoms with E-state index in [9.17, 15) is 9.59 Å². The number of aromatic nitrogens is 2. The lowest BCUT2D eigenvalue weighted by Crippen LogP contribution is -2.11. The molecular weight excluding hydrogens is 364 g/mol. The predicted octanol–water partition coefficient (Wildman–Crippen LogP) is 4.03. The Morgan fingerprint density at radius 3 is 2.70 bits per heavy atom. The maximum atomic E-state index is 12.5. The number of hydrogen-bond acceptors (Lipinski definition) is 5. The fourth-order valence-electron chi connectivity index (χ4n) is 2.45. The van der Waals surface area contributed by atoms with Crippen LogP contribution in [0.5, 0.6) is 0 Å². The molecule has 0 radical (unpaired) electrons. The Bertz CT molecular complexity index is 1070. The molecule has 0 aliphatic carbocycles. The van der Waals surface area contributed by atoms with Gasteiger partial charge in [-0.15, -0.1) is 11.3 Å². The van der Waals surface area contributed by atoms with E-state index in [4.69, 9.17) is 4.42 Å². The molecule has 4 rings (SSSR count). The molecule has 3 aromatic heterocycles. The molecule has 3 heterocycles. The van der Waals surface area contributed by atoms with Crippen molar-refractivity contribution in [1.82, 2.24) is 9.78 Å². The highest BCUT2D eigenvalue weighted by atomic mass is 32.1. The molecule has 0 saturated heterocycles. The molecule has 134 valence electrons. The fraction of sp³-hybridized carbons (Fsp3) is 0. The summed E-state index contributed by atoms with van der Waals surface area (Å²) in [4.78, 5) is 25.0. The van der Waals surface area contributed by atoms with Gasteiger partial charge in [0, 0.05) is 18.1 Å². The van der Waals surface area contributed by atoms with E-state index in [2.05, 4.69) is 15.7 Å². The van der Waals surface area contributed by atoms with E-state index in [1.54, 1.807) is 41.2 Å². The SMILES string of the molecule is O=C(Nc1ccc(C(=O)Nc2cccc(-n3cccn3)c2)s1)c1ccco1. The summed E-state index contributed by atoms with van der Waals surface area (Å²) >= 11 is 1.18. The minimum Gasteiger partial charge on any atom is -0.459 e. The van der Waals surface area contributed by atoms with Crippen LogP contribution in [0.4, 0.5) is 10.7 Å². The number of anilines is 2. The van der Waals surface area contributed by atoms with Crippen molar-refractivity contribution >= 4 is 33.8 Å². The van der Waals surface area contributed by atoms with Gasteiger partial charge in [-0.2, -0.15) is 5.10 Å². The van der Waals surface area contributed by atoms with Crippen LogP contribution in [0.3, 0.4) is 0 Å². The maximum Gasteiger partial charge on any atom is 0.291 e. The molecule has 0 atom stereocenters. The number of nitrogens with one attached hydrogen (secondary N) is 2. The van der Waals surface area contributed by atoms with Gasteiger partial charge in [-0.25, -0.2) is 4.68 Å². The first-order valence-electron chi connectivity index (χ1n) is 8.05. The fourth-order valence-corrected chi connectivity index (χ4v) is 3.25. The summed E-state index contributed by atoms with van der Waals surface area (Å²) in [5, 5.41) is 10.3. The molecule has 8 heteroatoms. The van der Waals surface area contributed by atoms with Gasteiger partial charge in [-0.3, -0.25) is 9.59 Å². The standard InChI is InChI=1S/C19H14N4O3S/c24-18(15-6-2-11-26-15)22-17-8-7-16(27-17)19(25)21-13-4-1-5-14(12-13)23-10-3-9-20-23/h1-12H,(H,21,25)(H,22,24). The van der Waals surface area contributed by atoms with Crippen molar-refractivity contribution in [2.24, 2.45) is 0 Å².